The molecule has 0 atom stereocenters. The number of nitrogens with two attached hydrogens (primary N) is 1. The molecule has 1 aliphatic rings. The van der Waals surface area contributed by atoms with E-state index in [2.05, 4.69) is 14.9 Å². The van der Waals surface area contributed by atoms with Crippen LogP contribution in [0.1, 0.15) is 18.5 Å². The van der Waals surface area contributed by atoms with Crippen molar-refractivity contribution >= 4 is 11.7 Å². The molecule has 1 fully saturated rings. The first-order chi connectivity index (χ1) is 7.66. The number of aryl methyl sites for hydroxylation is 1. The molecule has 2 rings (SSSR count). The summed E-state index contributed by atoms with van der Waals surface area (Å²) in [6.45, 7) is 3.80. The van der Waals surface area contributed by atoms with Gasteiger partial charge in [-0.2, -0.15) is 0 Å². The molecule has 1 saturated heterocycles. The first-order valence-corrected chi connectivity index (χ1v) is 5.54. The number of anilines is 1. The van der Waals surface area contributed by atoms with Gasteiger partial charge in [0, 0.05) is 30.8 Å². The van der Waals surface area contributed by atoms with Crippen LogP contribution in [0.5, 0.6) is 0 Å². The molecule has 1 aromatic heterocycles. The third-order valence-electron chi connectivity index (χ3n) is 3.05. The van der Waals surface area contributed by atoms with E-state index in [-0.39, 0.29) is 5.92 Å². The van der Waals surface area contributed by atoms with Gasteiger partial charge in [-0.1, -0.05) is 0 Å². The van der Waals surface area contributed by atoms with Gasteiger partial charge >= 0.3 is 0 Å². The smallest absolute Gasteiger partial charge is 0.132 e. The Kier molecular flexibility index (Phi) is 3.03. The van der Waals surface area contributed by atoms with E-state index in [0.29, 0.717) is 5.84 Å². The van der Waals surface area contributed by atoms with Crippen LogP contribution in [0.3, 0.4) is 0 Å². The Balaban J connectivity index is 2.01. The van der Waals surface area contributed by atoms with Crippen LogP contribution in [-0.2, 0) is 0 Å². The monoisotopic (exact) mass is 219 g/mol. The van der Waals surface area contributed by atoms with Gasteiger partial charge in [0.15, 0.2) is 0 Å². The Morgan fingerprint density at radius 2 is 2.12 bits per heavy atom. The molecule has 0 unspecified atom stereocenters. The minimum absolute atomic E-state index is 0.249. The second-order valence-corrected chi connectivity index (χ2v) is 4.23. The van der Waals surface area contributed by atoms with Crippen LogP contribution in [0.2, 0.25) is 0 Å². The molecule has 0 amide bonds. The third kappa shape index (κ3) is 2.29. The number of hydrogen-bond acceptors (Lipinski definition) is 4. The fraction of sp³-hybridized carbons (Fsp3) is 0.545. The molecule has 0 aromatic carbocycles. The van der Waals surface area contributed by atoms with E-state index in [4.69, 9.17) is 11.1 Å². The number of nitrogens with one attached hydrogen (secondary N) is 1. The van der Waals surface area contributed by atoms with Crippen LogP contribution in [0.4, 0.5) is 5.82 Å². The molecule has 2 heterocycles. The lowest BCUT2D eigenvalue weighted by Crippen LogP contribution is -2.38. The van der Waals surface area contributed by atoms with Gasteiger partial charge in [-0.3, -0.25) is 5.41 Å². The molecule has 0 radical (unpaired) electrons. The summed E-state index contributed by atoms with van der Waals surface area (Å²) in [4.78, 5) is 10.6. The number of hydrogen-bond donors (Lipinski definition) is 2. The summed E-state index contributed by atoms with van der Waals surface area (Å²) in [7, 11) is 0. The predicted molar refractivity (Wildman–Crippen MR) is 63.6 cm³/mol. The summed E-state index contributed by atoms with van der Waals surface area (Å²) in [5, 5.41) is 7.43. The van der Waals surface area contributed by atoms with Gasteiger partial charge in [-0.15, -0.1) is 0 Å². The zero-order valence-corrected chi connectivity index (χ0v) is 9.48. The third-order valence-corrected chi connectivity index (χ3v) is 3.05. The minimum atomic E-state index is 0.249. The molecule has 0 bridgehead atoms. The summed E-state index contributed by atoms with van der Waals surface area (Å²) in [5.74, 6) is 1.55. The molecular formula is C11H17N5. The van der Waals surface area contributed by atoms with E-state index < -0.39 is 0 Å². The van der Waals surface area contributed by atoms with Gasteiger partial charge < -0.3 is 10.6 Å². The topological polar surface area (TPSA) is 78.9 Å². The van der Waals surface area contributed by atoms with Crippen molar-refractivity contribution in [3.8, 4) is 0 Å². The molecule has 3 N–H and O–H groups in total. The highest BCUT2D eigenvalue weighted by molar-refractivity contribution is 5.79. The standard InChI is InChI=1S/C11H17N5/c1-8-6-10(15-7-14-8)16-4-2-9(3-5-16)11(12)13/h6-7,9H,2-5H2,1H3,(H3,12,13). The summed E-state index contributed by atoms with van der Waals surface area (Å²) >= 11 is 0. The lowest BCUT2D eigenvalue weighted by atomic mass is 9.96. The largest absolute Gasteiger partial charge is 0.387 e. The van der Waals surface area contributed by atoms with Crippen LogP contribution in [0.15, 0.2) is 12.4 Å². The SMILES string of the molecule is Cc1cc(N2CCC(C(=N)N)CC2)ncn1. The number of piperidine rings is 1. The molecular weight excluding hydrogens is 202 g/mol. The highest BCUT2D eigenvalue weighted by atomic mass is 15.2. The first-order valence-electron chi connectivity index (χ1n) is 5.54. The Labute approximate surface area is 95.2 Å². The maximum Gasteiger partial charge on any atom is 0.132 e. The van der Waals surface area contributed by atoms with E-state index in [1.54, 1.807) is 6.33 Å². The van der Waals surface area contributed by atoms with Crippen LogP contribution < -0.4 is 10.6 Å². The molecule has 0 spiro atoms. The average molecular weight is 219 g/mol. The zero-order chi connectivity index (χ0) is 11.5. The quantitative estimate of drug-likeness (QED) is 0.573. The Hall–Kier alpha value is -1.65. The van der Waals surface area contributed by atoms with E-state index in [9.17, 15) is 0 Å². The number of nitrogens with zero attached hydrogens (tertiary/aromatic N) is 3. The Morgan fingerprint density at radius 3 is 2.69 bits per heavy atom. The summed E-state index contributed by atoms with van der Waals surface area (Å²) < 4.78 is 0. The maximum atomic E-state index is 7.43. The fourth-order valence-corrected chi connectivity index (χ4v) is 2.03. The Bertz CT molecular complexity index is 382. The molecule has 1 aromatic rings. The normalized spacial score (nSPS) is 17.4. The van der Waals surface area contributed by atoms with Crippen molar-refractivity contribution in [3.05, 3.63) is 18.1 Å². The fourth-order valence-electron chi connectivity index (χ4n) is 2.03. The van der Waals surface area contributed by atoms with Crippen molar-refractivity contribution < 1.29 is 0 Å². The van der Waals surface area contributed by atoms with Crippen LogP contribution in [0, 0.1) is 18.3 Å². The predicted octanol–water partition coefficient (Wildman–Crippen LogP) is 0.937. The van der Waals surface area contributed by atoms with Gasteiger partial charge in [-0.25, -0.2) is 9.97 Å². The molecule has 5 heteroatoms. The van der Waals surface area contributed by atoms with Crippen LogP contribution in [-0.4, -0.2) is 28.9 Å². The average Bonchev–Trinajstić information content (AvgIpc) is 2.29. The lowest BCUT2D eigenvalue weighted by Gasteiger charge is -2.32. The lowest BCUT2D eigenvalue weighted by molar-refractivity contribution is 0.495. The second kappa shape index (κ2) is 4.47. The Morgan fingerprint density at radius 1 is 1.44 bits per heavy atom. The summed E-state index contributed by atoms with van der Waals surface area (Å²) in [5.41, 5.74) is 6.50. The van der Waals surface area contributed by atoms with Crippen molar-refractivity contribution in [3.63, 3.8) is 0 Å². The van der Waals surface area contributed by atoms with Crippen molar-refractivity contribution in [1.29, 1.82) is 5.41 Å². The van der Waals surface area contributed by atoms with Gasteiger partial charge in [0.2, 0.25) is 0 Å². The summed E-state index contributed by atoms with van der Waals surface area (Å²) in [6, 6.07) is 1.99. The second-order valence-electron chi connectivity index (χ2n) is 4.23. The maximum absolute atomic E-state index is 7.43. The molecule has 1 aliphatic heterocycles. The summed E-state index contributed by atoms with van der Waals surface area (Å²) in [6.07, 6.45) is 3.48. The van der Waals surface area contributed by atoms with E-state index in [1.807, 2.05) is 13.0 Å². The highest BCUT2D eigenvalue weighted by Gasteiger charge is 2.21. The molecule has 0 aliphatic carbocycles. The van der Waals surface area contributed by atoms with Gasteiger partial charge in [0.1, 0.15) is 12.1 Å². The van der Waals surface area contributed by atoms with Crippen LogP contribution >= 0.6 is 0 Å². The molecule has 16 heavy (non-hydrogen) atoms. The van der Waals surface area contributed by atoms with Crippen molar-refractivity contribution in [2.45, 2.75) is 19.8 Å². The van der Waals surface area contributed by atoms with Gasteiger partial charge in [0.25, 0.3) is 0 Å². The molecule has 86 valence electrons. The number of amidine groups is 1. The molecule has 0 saturated carbocycles. The van der Waals surface area contributed by atoms with E-state index in [0.717, 1.165) is 37.4 Å². The zero-order valence-electron chi connectivity index (χ0n) is 9.48. The minimum Gasteiger partial charge on any atom is -0.387 e. The van der Waals surface area contributed by atoms with E-state index >= 15 is 0 Å². The van der Waals surface area contributed by atoms with Crippen molar-refractivity contribution in [1.82, 2.24) is 9.97 Å². The van der Waals surface area contributed by atoms with Gasteiger partial charge in [0.05, 0.1) is 5.84 Å². The number of rotatable bonds is 2. The van der Waals surface area contributed by atoms with Crippen LogP contribution in [0.25, 0.3) is 0 Å². The number of aromatic nitrogens is 2. The first kappa shape index (κ1) is 10.9. The van der Waals surface area contributed by atoms with Crippen molar-refractivity contribution in [2.24, 2.45) is 11.7 Å². The highest BCUT2D eigenvalue weighted by Crippen LogP contribution is 2.21. The van der Waals surface area contributed by atoms with Gasteiger partial charge in [-0.05, 0) is 19.8 Å². The van der Waals surface area contributed by atoms with Crippen molar-refractivity contribution in [2.75, 3.05) is 18.0 Å². The molecule has 5 nitrogen and oxygen atoms in total. The van der Waals surface area contributed by atoms with E-state index in [1.165, 1.54) is 0 Å².